The molecule has 0 saturated carbocycles. The van der Waals surface area contributed by atoms with Crippen LogP contribution in [0.15, 0.2) is 12.3 Å². The number of nitrogens with zero attached hydrogens (tertiary/aromatic N) is 4. The summed E-state index contributed by atoms with van der Waals surface area (Å²) >= 11 is 0. The Balaban J connectivity index is 1.58. The molecule has 5 heteroatoms. The van der Waals surface area contributed by atoms with Gasteiger partial charge in [0.25, 0.3) is 0 Å². The molecule has 0 unspecified atom stereocenters. The van der Waals surface area contributed by atoms with Crippen LogP contribution in [0.3, 0.4) is 0 Å². The highest BCUT2D eigenvalue weighted by Crippen LogP contribution is 2.30. The number of ether oxygens (including phenoxy) is 1. The van der Waals surface area contributed by atoms with E-state index >= 15 is 0 Å². The predicted molar refractivity (Wildman–Crippen MR) is 83.2 cm³/mol. The van der Waals surface area contributed by atoms with Crippen LogP contribution in [0.4, 0.5) is 0 Å². The fourth-order valence-electron chi connectivity index (χ4n) is 3.67. The first-order valence-corrected chi connectivity index (χ1v) is 8.30. The van der Waals surface area contributed by atoms with Gasteiger partial charge in [-0.15, -0.1) is 0 Å². The lowest BCUT2D eigenvalue weighted by molar-refractivity contribution is -0.0229. The summed E-state index contributed by atoms with van der Waals surface area (Å²) in [5.74, 6) is 0. The Morgan fingerprint density at radius 2 is 2.19 bits per heavy atom. The maximum Gasteiger partial charge on any atom is 0.0674 e. The van der Waals surface area contributed by atoms with Crippen molar-refractivity contribution in [2.24, 2.45) is 7.05 Å². The van der Waals surface area contributed by atoms with E-state index in [1.165, 1.54) is 31.5 Å². The molecule has 0 radical (unpaired) electrons. The van der Waals surface area contributed by atoms with Crippen LogP contribution in [0, 0.1) is 0 Å². The Kier molecular flexibility index (Phi) is 4.93. The predicted octanol–water partition coefficient (Wildman–Crippen LogP) is 1.67. The van der Waals surface area contributed by atoms with Crippen LogP contribution < -0.4 is 0 Å². The standard InChI is InChI=1S/C16H28N4O/c1-14-13-19(11-12-21-14)9-10-20-8-4-3-5-16(20)15-6-7-17-18(15)2/h6-7,14,16H,3-5,8-13H2,1-2H3/t14-,16+/m1/s1. The monoisotopic (exact) mass is 292 g/mol. The van der Waals surface area contributed by atoms with Gasteiger partial charge in [-0.1, -0.05) is 6.42 Å². The number of aromatic nitrogens is 2. The highest BCUT2D eigenvalue weighted by Gasteiger charge is 2.26. The van der Waals surface area contributed by atoms with Gasteiger partial charge in [0.1, 0.15) is 0 Å². The molecule has 2 saturated heterocycles. The maximum absolute atomic E-state index is 5.63. The number of aryl methyl sites for hydroxylation is 1. The Hall–Kier alpha value is -0.910. The van der Waals surface area contributed by atoms with Gasteiger partial charge in [-0.05, 0) is 32.4 Å². The van der Waals surface area contributed by atoms with E-state index in [2.05, 4.69) is 34.9 Å². The molecule has 0 aromatic carbocycles. The van der Waals surface area contributed by atoms with Crippen LogP contribution in [-0.2, 0) is 11.8 Å². The molecule has 0 spiro atoms. The molecule has 0 N–H and O–H groups in total. The highest BCUT2D eigenvalue weighted by molar-refractivity contribution is 5.08. The van der Waals surface area contributed by atoms with Crippen molar-refractivity contribution >= 4 is 0 Å². The summed E-state index contributed by atoms with van der Waals surface area (Å²) in [7, 11) is 2.06. The lowest BCUT2D eigenvalue weighted by atomic mass is 9.99. The molecule has 2 aliphatic heterocycles. The van der Waals surface area contributed by atoms with E-state index in [0.717, 1.165) is 32.8 Å². The molecule has 0 bridgehead atoms. The minimum atomic E-state index is 0.382. The van der Waals surface area contributed by atoms with Crippen molar-refractivity contribution in [2.45, 2.75) is 38.3 Å². The summed E-state index contributed by atoms with van der Waals surface area (Å²) in [5.41, 5.74) is 1.37. The molecule has 0 amide bonds. The van der Waals surface area contributed by atoms with Crippen molar-refractivity contribution in [3.8, 4) is 0 Å². The van der Waals surface area contributed by atoms with Crippen LogP contribution >= 0.6 is 0 Å². The molecule has 118 valence electrons. The van der Waals surface area contributed by atoms with Crippen LogP contribution in [0.2, 0.25) is 0 Å². The van der Waals surface area contributed by atoms with E-state index in [1.54, 1.807) is 0 Å². The van der Waals surface area contributed by atoms with Crippen molar-refractivity contribution < 1.29 is 4.74 Å². The Morgan fingerprint density at radius 1 is 1.29 bits per heavy atom. The smallest absolute Gasteiger partial charge is 0.0674 e. The first kappa shape index (κ1) is 15.0. The molecule has 2 atom stereocenters. The minimum Gasteiger partial charge on any atom is -0.376 e. The van der Waals surface area contributed by atoms with Gasteiger partial charge in [0.2, 0.25) is 0 Å². The first-order valence-electron chi connectivity index (χ1n) is 8.30. The number of hydrogen-bond acceptors (Lipinski definition) is 4. The van der Waals surface area contributed by atoms with Crippen molar-refractivity contribution in [1.29, 1.82) is 0 Å². The summed E-state index contributed by atoms with van der Waals surface area (Å²) in [5, 5.41) is 4.35. The van der Waals surface area contributed by atoms with Crippen LogP contribution in [0.25, 0.3) is 0 Å². The number of hydrogen-bond donors (Lipinski definition) is 0. The van der Waals surface area contributed by atoms with Crippen LogP contribution in [-0.4, -0.2) is 65.0 Å². The number of likely N-dealkylation sites (tertiary alicyclic amines) is 1. The molecule has 21 heavy (non-hydrogen) atoms. The number of piperidine rings is 1. The Labute approximate surface area is 127 Å². The van der Waals surface area contributed by atoms with E-state index < -0.39 is 0 Å². The highest BCUT2D eigenvalue weighted by atomic mass is 16.5. The summed E-state index contributed by atoms with van der Waals surface area (Å²) < 4.78 is 7.67. The van der Waals surface area contributed by atoms with Gasteiger partial charge in [-0.3, -0.25) is 14.5 Å². The van der Waals surface area contributed by atoms with Crippen LogP contribution in [0.1, 0.15) is 37.9 Å². The SMILES string of the molecule is C[C@@H]1CN(CCN2CCCC[C@H]2c2ccnn2C)CCO1. The molecular formula is C16H28N4O. The molecule has 5 nitrogen and oxygen atoms in total. The van der Waals surface area contributed by atoms with Gasteiger partial charge in [-0.25, -0.2) is 0 Å². The molecule has 1 aromatic rings. The summed E-state index contributed by atoms with van der Waals surface area (Å²) in [4.78, 5) is 5.20. The van der Waals surface area contributed by atoms with Gasteiger partial charge in [0, 0.05) is 39.4 Å². The zero-order valence-electron chi connectivity index (χ0n) is 13.4. The number of rotatable bonds is 4. The average molecular weight is 292 g/mol. The molecule has 0 aliphatic carbocycles. The summed E-state index contributed by atoms with van der Waals surface area (Å²) in [6.07, 6.45) is 6.23. The molecule has 3 heterocycles. The summed E-state index contributed by atoms with van der Waals surface area (Å²) in [6, 6.07) is 2.73. The van der Waals surface area contributed by atoms with Crippen molar-refractivity contribution in [3.05, 3.63) is 18.0 Å². The molecule has 3 rings (SSSR count). The zero-order chi connectivity index (χ0) is 14.7. The molecule has 2 aliphatic rings. The second kappa shape index (κ2) is 6.90. The average Bonchev–Trinajstić information content (AvgIpc) is 2.91. The van der Waals surface area contributed by atoms with Crippen molar-refractivity contribution in [1.82, 2.24) is 19.6 Å². The maximum atomic E-state index is 5.63. The number of morpholine rings is 1. The van der Waals surface area contributed by atoms with Gasteiger partial charge < -0.3 is 4.74 Å². The molecule has 1 aromatic heterocycles. The molecule has 2 fully saturated rings. The third kappa shape index (κ3) is 3.65. The Morgan fingerprint density at radius 3 is 2.95 bits per heavy atom. The second-order valence-corrected chi connectivity index (χ2v) is 6.41. The topological polar surface area (TPSA) is 33.5 Å². The van der Waals surface area contributed by atoms with Crippen molar-refractivity contribution in [2.75, 3.05) is 39.3 Å². The quantitative estimate of drug-likeness (QED) is 0.845. The normalized spacial score (nSPS) is 28.9. The Bertz CT molecular complexity index is 447. The zero-order valence-corrected chi connectivity index (χ0v) is 13.4. The summed E-state index contributed by atoms with van der Waals surface area (Å²) in [6.45, 7) is 8.73. The second-order valence-electron chi connectivity index (χ2n) is 6.41. The van der Waals surface area contributed by atoms with E-state index in [0.29, 0.717) is 12.1 Å². The minimum absolute atomic E-state index is 0.382. The van der Waals surface area contributed by atoms with E-state index in [4.69, 9.17) is 4.74 Å². The largest absolute Gasteiger partial charge is 0.376 e. The molecular weight excluding hydrogens is 264 g/mol. The fourth-order valence-corrected chi connectivity index (χ4v) is 3.67. The van der Waals surface area contributed by atoms with Gasteiger partial charge in [0.05, 0.1) is 24.4 Å². The fraction of sp³-hybridized carbons (Fsp3) is 0.812. The van der Waals surface area contributed by atoms with Gasteiger partial charge >= 0.3 is 0 Å². The lowest BCUT2D eigenvalue weighted by Crippen LogP contribution is -2.46. The lowest BCUT2D eigenvalue weighted by Gasteiger charge is -2.38. The van der Waals surface area contributed by atoms with Crippen molar-refractivity contribution in [3.63, 3.8) is 0 Å². The van der Waals surface area contributed by atoms with Gasteiger partial charge in [0.15, 0.2) is 0 Å². The van der Waals surface area contributed by atoms with Crippen LogP contribution in [0.5, 0.6) is 0 Å². The third-order valence-corrected chi connectivity index (χ3v) is 4.84. The third-order valence-electron chi connectivity index (χ3n) is 4.84. The van der Waals surface area contributed by atoms with Gasteiger partial charge in [-0.2, -0.15) is 5.10 Å². The van der Waals surface area contributed by atoms with E-state index in [1.807, 2.05) is 10.9 Å². The van der Waals surface area contributed by atoms with E-state index in [9.17, 15) is 0 Å². The first-order chi connectivity index (χ1) is 10.2. The van der Waals surface area contributed by atoms with E-state index in [-0.39, 0.29) is 0 Å².